The SMILES string of the molecule is CCC(C)C(N)c1nc2ccccc2n1CC(F)(F)F. The highest BCUT2D eigenvalue weighted by Gasteiger charge is 2.32. The maximum absolute atomic E-state index is 12.8. The quantitative estimate of drug-likeness (QED) is 0.932. The highest BCUT2D eigenvalue weighted by molar-refractivity contribution is 5.76. The van der Waals surface area contributed by atoms with E-state index in [2.05, 4.69) is 4.98 Å². The van der Waals surface area contributed by atoms with Gasteiger partial charge in [0.05, 0.1) is 17.1 Å². The van der Waals surface area contributed by atoms with Gasteiger partial charge < -0.3 is 10.3 Å². The molecule has 0 radical (unpaired) electrons. The first-order valence-corrected chi connectivity index (χ1v) is 6.61. The summed E-state index contributed by atoms with van der Waals surface area (Å²) in [5, 5.41) is 0. The summed E-state index contributed by atoms with van der Waals surface area (Å²) in [7, 11) is 0. The van der Waals surface area contributed by atoms with E-state index >= 15 is 0 Å². The molecule has 6 heteroatoms. The molecule has 0 aliphatic rings. The molecule has 2 aromatic rings. The molecule has 0 aliphatic heterocycles. The maximum Gasteiger partial charge on any atom is 0.406 e. The van der Waals surface area contributed by atoms with Gasteiger partial charge in [-0.25, -0.2) is 4.98 Å². The van der Waals surface area contributed by atoms with Gasteiger partial charge in [-0.1, -0.05) is 32.4 Å². The van der Waals surface area contributed by atoms with Crippen molar-refractivity contribution in [2.75, 3.05) is 0 Å². The highest BCUT2D eigenvalue weighted by Crippen LogP contribution is 2.28. The van der Waals surface area contributed by atoms with E-state index in [9.17, 15) is 13.2 Å². The minimum Gasteiger partial charge on any atom is -0.321 e. The number of halogens is 3. The maximum atomic E-state index is 12.8. The zero-order chi connectivity index (χ0) is 14.9. The van der Waals surface area contributed by atoms with E-state index in [4.69, 9.17) is 5.73 Å². The smallest absolute Gasteiger partial charge is 0.321 e. The molecule has 2 rings (SSSR count). The zero-order valence-electron chi connectivity index (χ0n) is 11.5. The lowest BCUT2D eigenvalue weighted by atomic mass is 9.99. The molecule has 2 N–H and O–H groups in total. The minimum absolute atomic E-state index is 0.0683. The van der Waals surface area contributed by atoms with Crippen LogP contribution in [-0.4, -0.2) is 15.7 Å². The van der Waals surface area contributed by atoms with Crippen molar-refractivity contribution in [3.8, 4) is 0 Å². The zero-order valence-corrected chi connectivity index (χ0v) is 11.5. The van der Waals surface area contributed by atoms with Crippen LogP contribution in [0.25, 0.3) is 11.0 Å². The lowest BCUT2D eigenvalue weighted by Gasteiger charge is -2.20. The standard InChI is InChI=1S/C14H18F3N3/c1-3-9(2)12(18)13-19-10-6-4-5-7-11(10)20(13)8-14(15,16)17/h4-7,9,12H,3,8,18H2,1-2H3. The summed E-state index contributed by atoms with van der Waals surface area (Å²) in [6.45, 7) is 2.82. The van der Waals surface area contributed by atoms with Crippen LogP contribution in [0.5, 0.6) is 0 Å². The van der Waals surface area contributed by atoms with Gasteiger partial charge in [-0.05, 0) is 18.1 Å². The van der Waals surface area contributed by atoms with Crippen LogP contribution in [0.4, 0.5) is 13.2 Å². The fourth-order valence-electron chi connectivity index (χ4n) is 2.20. The van der Waals surface area contributed by atoms with Crippen LogP contribution < -0.4 is 5.73 Å². The van der Waals surface area contributed by atoms with Crippen LogP contribution in [0.3, 0.4) is 0 Å². The molecule has 1 heterocycles. The molecule has 2 unspecified atom stereocenters. The predicted molar refractivity (Wildman–Crippen MR) is 72.2 cm³/mol. The lowest BCUT2D eigenvalue weighted by Crippen LogP contribution is -2.26. The molecule has 0 saturated heterocycles. The third kappa shape index (κ3) is 2.95. The summed E-state index contributed by atoms with van der Waals surface area (Å²) in [6.07, 6.45) is -3.51. The molecular formula is C14H18F3N3. The fraction of sp³-hybridized carbons (Fsp3) is 0.500. The second kappa shape index (κ2) is 5.44. The number of nitrogens with two attached hydrogens (primary N) is 1. The van der Waals surface area contributed by atoms with E-state index in [0.29, 0.717) is 16.9 Å². The van der Waals surface area contributed by atoms with E-state index in [1.165, 1.54) is 4.57 Å². The van der Waals surface area contributed by atoms with Crippen LogP contribution >= 0.6 is 0 Å². The van der Waals surface area contributed by atoms with Crippen LogP contribution in [0.15, 0.2) is 24.3 Å². The van der Waals surface area contributed by atoms with Crippen LogP contribution in [-0.2, 0) is 6.54 Å². The molecule has 0 fully saturated rings. The number of nitrogens with zero attached hydrogens (tertiary/aromatic N) is 2. The Balaban J connectivity index is 2.55. The highest BCUT2D eigenvalue weighted by atomic mass is 19.4. The molecule has 2 atom stereocenters. The van der Waals surface area contributed by atoms with Crippen molar-refractivity contribution in [2.45, 2.75) is 39.0 Å². The Kier molecular flexibility index (Phi) is 4.04. The number of hydrogen-bond donors (Lipinski definition) is 1. The Hall–Kier alpha value is -1.56. The molecule has 0 bridgehead atoms. The Labute approximate surface area is 115 Å². The second-order valence-corrected chi connectivity index (χ2v) is 5.07. The summed E-state index contributed by atoms with van der Waals surface area (Å²) in [4.78, 5) is 4.30. The van der Waals surface area contributed by atoms with E-state index in [-0.39, 0.29) is 5.92 Å². The largest absolute Gasteiger partial charge is 0.406 e. The molecule has 20 heavy (non-hydrogen) atoms. The van der Waals surface area contributed by atoms with Gasteiger partial charge >= 0.3 is 6.18 Å². The van der Waals surface area contributed by atoms with Crippen LogP contribution in [0.1, 0.15) is 32.1 Å². The number of alkyl halides is 3. The molecule has 0 saturated carbocycles. The fourth-order valence-corrected chi connectivity index (χ4v) is 2.20. The molecule has 1 aromatic carbocycles. The average Bonchev–Trinajstić information content (AvgIpc) is 2.74. The molecule has 110 valence electrons. The van der Waals surface area contributed by atoms with Crippen molar-refractivity contribution in [3.05, 3.63) is 30.1 Å². The molecule has 0 spiro atoms. The topological polar surface area (TPSA) is 43.8 Å². The average molecular weight is 285 g/mol. The number of fused-ring (bicyclic) bond motifs is 1. The van der Waals surface area contributed by atoms with Gasteiger partial charge in [-0.15, -0.1) is 0 Å². The monoisotopic (exact) mass is 285 g/mol. The van der Waals surface area contributed by atoms with E-state index in [0.717, 1.165) is 6.42 Å². The van der Waals surface area contributed by atoms with Crippen molar-refractivity contribution >= 4 is 11.0 Å². The van der Waals surface area contributed by atoms with Crippen LogP contribution in [0, 0.1) is 5.92 Å². The summed E-state index contributed by atoms with van der Waals surface area (Å²) in [5.74, 6) is 0.372. The number of hydrogen-bond acceptors (Lipinski definition) is 2. The molecular weight excluding hydrogens is 267 g/mol. The Morgan fingerprint density at radius 2 is 1.95 bits per heavy atom. The third-order valence-electron chi connectivity index (χ3n) is 3.58. The van der Waals surface area contributed by atoms with Crippen molar-refractivity contribution < 1.29 is 13.2 Å². The molecule has 0 amide bonds. The Morgan fingerprint density at radius 3 is 2.55 bits per heavy atom. The number of imidazole rings is 1. The number of para-hydroxylation sites is 2. The van der Waals surface area contributed by atoms with E-state index in [1.807, 2.05) is 13.8 Å². The third-order valence-corrected chi connectivity index (χ3v) is 3.58. The van der Waals surface area contributed by atoms with Crippen molar-refractivity contribution in [1.82, 2.24) is 9.55 Å². The van der Waals surface area contributed by atoms with Crippen molar-refractivity contribution in [1.29, 1.82) is 0 Å². The first kappa shape index (κ1) is 14.8. The second-order valence-electron chi connectivity index (χ2n) is 5.07. The van der Waals surface area contributed by atoms with E-state index in [1.54, 1.807) is 24.3 Å². The Bertz CT molecular complexity index is 589. The summed E-state index contributed by atoms with van der Waals surface area (Å²) in [5.41, 5.74) is 7.10. The summed E-state index contributed by atoms with van der Waals surface area (Å²) >= 11 is 0. The van der Waals surface area contributed by atoms with Crippen molar-refractivity contribution in [3.63, 3.8) is 0 Å². The van der Waals surface area contributed by atoms with Gasteiger partial charge in [0.25, 0.3) is 0 Å². The predicted octanol–water partition coefficient (Wildman–Crippen LogP) is 3.64. The van der Waals surface area contributed by atoms with Gasteiger partial charge in [-0.2, -0.15) is 13.2 Å². The number of aromatic nitrogens is 2. The van der Waals surface area contributed by atoms with Gasteiger partial charge in [-0.3, -0.25) is 0 Å². The molecule has 1 aromatic heterocycles. The van der Waals surface area contributed by atoms with Crippen LogP contribution in [0.2, 0.25) is 0 Å². The Morgan fingerprint density at radius 1 is 1.30 bits per heavy atom. The molecule has 0 aliphatic carbocycles. The van der Waals surface area contributed by atoms with Gasteiger partial charge in [0, 0.05) is 0 Å². The number of rotatable bonds is 4. The first-order valence-electron chi connectivity index (χ1n) is 6.61. The normalized spacial score (nSPS) is 15.5. The van der Waals surface area contributed by atoms with E-state index < -0.39 is 18.8 Å². The minimum atomic E-state index is -4.30. The lowest BCUT2D eigenvalue weighted by molar-refractivity contribution is -0.140. The van der Waals surface area contributed by atoms with Gasteiger partial charge in [0.15, 0.2) is 0 Å². The first-order chi connectivity index (χ1) is 9.33. The molecule has 3 nitrogen and oxygen atoms in total. The van der Waals surface area contributed by atoms with Gasteiger partial charge in [0.1, 0.15) is 12.4 Å². The van der Waals surface area contributed by atoms with Gasteiger partial charge in [0.2, 0.25) is 0 Å². The summed E-state index contributed by atoms with van der Waals surface area (Å²) in [6, 6.07) is 6.30. The number of benzene rings is 1. The summed E-state index contributed by atoms with van der Waals surface area (Å²) < 4.78 is 39.5. The van der Waals surface area contributed by atoms with Crippen molar-refractivity contribution in [2.24, 2.45) is 11.7 Å².